The van der Waals surface area contributed by atoms with Gasteiger partial charge in [0.25, 0.3) is 0 Å². The Morgan fingerprint density at radius 3 is 1.31 bits per heavy atom. The van der Waals surface area contributed by atoms with Gasteiger partial charge in [-0.1, -0.05) is 37.3 Å². The topological polar surface area (TPSA) is 55.4 Å². The molecule has 150 valence electrons. The van der Waals surface area contributed by atoms with E-state index in [1.165, 1.54) is 5.56 Å². The largest absolute Gasteiger partial charge is 0.379 e. The summed E-state index contributed by atoms with van der Waals surface area (Å²) in [5.74, 6) is 0. The molecule has 1 rings (SSSR count). The molecule has 0 radical (unpaired) electrons. The van der Waals surface area contributed by atoms with Crippen LogP contribution in [0.3, 0.4) is 0 Å². The lowest BCUT2D eigenvalue weighted by atomic mass is 10.2. The van der Waals surface area contributed by atoms with Crippen molar-refractivity contribution in [1.82, 2.24) is 0 Å². The maximum atomic E-state index is 5.53. The van der Waals surface area contributed by atoms with Crippen molar-refractivity contribution in [2.24, 2.45) is 0 Å². The van der Waals surface area contributed by atoms with Crippen molar-refractivity contribution < 1.29 is 28.4 Å². The zero-order valence-corrected chi connectivity index (χ0v) is 16.0. The molecule has 0 aliphatic rings. The summed E-state index contributed by atoms with van der Waals surface area (Å²) in [6, 6.07) is 10.1. The third-order valence-corrected chi connectivity index (χ3v) is 3.32. The molecule has 6 nitrogen and oxygen atoms in total. The summed E-state index contributed by atoms with van der Waals surface area (Å²) in [4.78, 5) is 0. The van der Waals surface area contributed by atoms with Gasteiger partial charge < -0.3 is 28.4 Å². The second-order valence-corrected chi connectivity index (χ2v) is 5.60. The number of benzene rings is 1. The second kappa shape index (κ2) is 18.8. The van der Waals surface area contributed by atoms with E-state index in [4.69, 9.17) is 28.4 Å². The van der Waals surface area contributed by atoms with Crippen LogP contribution in [0.4, 0.5) is 0 Å². The highest BCUT2D eigenvalue weighted by Gasteiger charge is 1.94. The van der Waals surface area contributed by atoms with E-state index in [1.807, 2.05) is 30.3 Å². The van der Waals surface area contributed by atoms with E-state index in [0.717, 1.165) is 13.0 Å². The van der Waals surface area contributed by atoms with Gasteiger partial charge in [-0.05, 0) is 12.0 Å². The van der Waals surface area contributed by atoms with Crippen LogP contribution in [-0.2, 0) is 35.0 Å². The Morgan fingerprint density at radius 2 is 0.885 bits per heavy atom. The van der Waals surface area contributed by atoms with Crippen LogP contribution in [0.2, 0.25) is 0 Å². The SMILES string of the molecule is CCCOCCOCCOCCOCCOCCOCc1ccccc1. The van der Waals surface area contributed by atoms with Crippen molar-refractivity contribution in [3.8, 4) is 0 Å². The highest BCUT2D eigenvalue weighted by Crippen LogP contribution is 1.99. The lowest BCUT2D eigenvalue weighted by molar-refractivity contribution is -0.0176. The van der Waals surface area contributed by atoms with Gasteiger partial charge in [-0.3, -0.25) is 0 Å². The van der Waals surface area contributed by atoms with E-state index in [1.54, 1.807) is 0 Å². The minimum Gasteiger partial charge on any atom is -0.379 e. The monoisotopic (exact) mass is 370 g/mol. The first-order chi connectivity index (χ1) is 12.9. The maximum Gasteiger partial charge on any atom is 0.0718 e. The van der Waals surface area contributed by atoms with Crippen molar-refractivity contribution in [2.45, 2.75) is 20.0 Å². The Hall–Kier alpha value is -1.02. The lowest BCUT2D eigenvalue weighted by Crippen LogP contribution is -2.14. The smallest absolute Gasteiger partial charge is 0.0718 e. The molecule has 0 fully saturated rings. The van der Waals surface area contributed by atoms with E-state index in [0.29, 0.717) is 72.7 Å². The molecule has 0 aliphatic heterocycles. The zero-order chi connectivity index (χ0) is 18.5. The number of ether oxygens (including phenoxy) is 6. The molecule has 0 aromatic heterocycles. The predicted octanol–water partition coefficient (Wildman–Crippen LogP) is 2.70. The number of rotatable bonds is 19. The van der Waals surface area contributed by atoms with Crippen LogP contribution in [0.15, 0.2) is 30.3 Å². The van der Waals surface area contributed by atoms with E-state index >= 15 is 0 Å². The van der Waals surface area contributed by atoms with Gasteiger partial charge in [-0.2, -0.15) is 0 Å². The highest BCUT2D eigenvalue weighted by molar-refractivity contribution is 5.13. The average Bonchev–Trinajstić information content (AvgIpc) is 2.68. The Labute approximate surface area is 157 Å². The summed E-state index contributed by atoms with van der Waals surface area (Å²) >= 11 is 0. The molecular formula is C20H34O6. The summed E-state index contributed by atoms with van der Waals surface area (Å²) in [6.45, 7) is 9.34. The van der Waals surface area contributed by atoms with Gasteiger partial charge in [0.05, 0.1) is 72.7 Å². The van der Waals surface area contributed by atoms with Gasteiger partial charge in [0.1, 0.15) is 0 Å². The van der Waals surface area contributed by atoms with Crippen molar-refractivity contribution in [1.29, 1.82) is 0 Å². The molecule has 0 atom stereocenters. The van der Waals surface area contributed by atoms with Crippen molar-refractivity contribution in [3.05, 3.63) is 35.9 Å². The summed E-state index contributed by atoms with van der Waals surface area (Å²) in [5, 5.41) is 0. The normalized spacial score (nSPS) is 11.1. The van der Waals surface area contributed by atoms with Crippen LogP contribution in [0.5, 0.6) is 0 Å². The minimum atomic E-state index is 0.563. The molecule has 0 spiro atoms. The summed E-state index contributed by atoms with van der Waals surface area (Å²) in [7, 11) is 0. The van der Waals surface area contributed by atoms with E-state index in [-0.39, 0.29) is 0 Å². The quantitative estimate of drug-likeness (QED) is 0.349. The molecule has 0 saturated heterocycles. The number of hydrogen-bond acceptors (Lipinski definition) is 6. The molecule has 0 bridgehead atoms. The molecule has 0 N–H and O–H groups in total. The van der Waals surface area contributed by atoms with Crippen LogP contribution >= 0.6 is 0 Å². The van der Waals surface area contributed by atoms with E-state index < -0.39 is 0 Å². The fraction of sp³-hybridized carbons (Fsp3) is 0.700. The number of hydrogen-bond donors (Lipinski definition) is 0. The van der Waals surface area contributed by atoms with E-state index in [9.17, 15) is 0 Å². The van der Waals surface area contributed by atoms with Gasteiger partial charge >= 0.3 is 0 Å². The zero-order valence-electron chi connectivity index (χ0n) is 16.0. The first-order valence-electron chi connectivity index (χ1n) is 9.44. The maximum absolute atomic E-state index is 5.53. The summed E-state index contributed by atoms with van der Waals surface area (Å²) in [5.41, 5.74) is 1.17. The van der Waals surface area contributed by atoms with Crippen LogP contribution in [0.1, 0.15) is 18.9 Å². The molecule has 1 aromatic rings. The molecule has 0 amide bonds. The fourth-order valence-electron chi connectivity index (χ4n) is 2.01. The van der Waals surface area contributed by atoms with Crippen molar-refractivity contribution in [3.63, 3.8) is 0 Å². The fourth-order valence-corrected chi connectivity index (χ4v) is 2.01. The van der Waals surface area contributed by atoms with Crippen LogP contribution < -0.4 is 0 Å². The standard InChI is InChI=1S/C20H34O6/c1-2-8-21-9-10-22-11-12-23-13-14-24-15-16-25-17-18-26-19-20-6-4-3-5-7-20/h3-7H,2,8-19H2,1H3. The highest BCUT2D eigenvalue weighted by atomic mass is 16.6. The van der Waals surface area contributed by atoms with Crippen LogP contribution in [0.25, 0.3) is 0 Å². The Balaban J connectivity index is 1.68. The van der Waals surface area contributed by atoms with Crippen LogP contribution in [-0.4, -0.2) is 72.7 Å². The van der Waals surface area contributed by atoms with Crippen LogP contribution in [0, 0.1) is 0 Å². The van der Waals surface area contributed by atoms with Crippen molar-refractivity contribution in [2.75, 3.05) is 72.7 Å². The molecule has 6 heteroatoms. The van der Waals surface area contributed by atoms with Gasteiger partial charge in [-0.15, -0.1) is 0 Å². The first kappa shape index (κ1) is 23.0. The first-order valence-corrected chi connectivity index (χ1v) is 9.44. The Morgan fingerprint density at radius 1 is 0.500 bits per heavy atom. The van der Waals surface area contributed by atoms with Crippen molar-refractivity contribution >= 4 is 0 Å². The van der Waals surface area contributed by atoms with Gasteiger partial charge in [0, 0.05) is 6.61 Å². The summed E-state index contributed by atoms with van der Waals surface area (Å²) in [6.07, 6.45) is 1.04. The van der Waals surface area contributed by atoms with Gasteiger partial charge in [-0.25, -0.2) is 0 Å². The Bertz CT molecular complexity index is 387. The van der Waals surface area contributed by atoms with Gasteiger partial charge in [0.2, 0.25) is 0 Å². The molecule has 0 aliphatic carbocycles. The molecule has 26 heavy (non-hydrogen) atoms. The minimum absolute atomic E-state index is 0.563. The molecule has 0 heterocycles. The third-order valence-electron chi connectivity index (χ3n) is 3.32. The van der Waals surface area contributed by atoms with E-state index in [2.05, 4.69) is 6.92 Å². The molecule has 0 unspecified atom stereocenters. The average molecular weight is 370 g/mol. The molecular weight excluding hydrogens is 336 g/mol. The molecule has 0 saturated carbocycles. The lowest BCUT2D eigenvalue weighted by Gasteiger charge is -2.08. The second-order valence-electron chi connectivity index (χ2n) is 5.60. The van der Waals surface area contributed by atoms with Gasteiger partial charge in [0.15, 0.2) is 0 Å². The summed E-state index contributed by atoms with van der Waals surface area (Å²) < 4.78 is 32.5. The molecule has 1 aromatic carbocycles. The predicted molar refractivity (Wildman–Crippen MR) is 100 cm³/mol. The Kier molecular flexibility index (Phi) is 16.6. The third kappa shape index (κ3) is 15.3.